The third kappa shape index (κ3) is 5.19. The molecular weight excluding hydrogens is 284 g/mol. The summed E-state index contributed by atoms with van der Waals surface area (Å²) in [4.78, 5) is 0. The Morgan fingerprint density at radius 2 is 2.11 bits per heavy atom. The van der Waals surface area contributed by atoms with Gasteiger partial charge >= 0.3 is 0 Å². The number of nitriles is 1. The normalized spacial score (nSPS) is 11.5. The number of alkyl halides is 1. The zero-order chi connectivity index (χ0) is 14.3. The van der Waals surface area contributed by atoms with Gasteiger partial charge in [0.15, 0.2) is 0 Å². The molecule has 0 spiro atoms. The van der Waals surface area contributed by atoms with Crippen LogP contribution in [-0.2, 0) is 16.6 Å². The summed E-state index contributed by atoms with van der Waals surface area (Å²) in [5, 5.41) is 8.80. The molecule has 6 heteroatoms. The van der Waals surface area contributed by atoms with E-state index in [-0.39, 0.29) is 12.3 Å². The number of hydrogen-bond acceptors (Lipinski definition) is 3. The lowest BCUT2D eigenvalue weighted by Crippen LogP contribution is -2.28. The summed E-state index contributed by atoms with van der Waals surface area (Å²) < 4.78 is 25.3. The maximum atomic E-state index is 12.0. The largest absolute Gasteiger partial charge is 0.214 e. The van der Waals surface area contributed by atoms with E-state index in [9.17, 15) is 8.42 Å². The fraction of sp³-hybridized carbons (Fsp3) is 0.462. The van der Waals surface area contributed by atoms with Crippen molar-refractivity contribution in [3.8, 4) is 6.07 Å². The smallest absolute Gasteiger partial charge is 0.212 e. The highest BCUT2D eigenvalue weighted by molar-refractivity contribution is 7.89. The second kappa shape index (κ2) is 7.49. The Hall–Kier alpha value is -1.09. The van der Waals surface area contributed by atoms with Gasteiger partial charge in [-0.3, -0.25) is 0 Å². The lowest BCUT2D eigenvalue weighted by Gasteiger charge is -2.17. The van der Waals surface area contributed by atoms with Crippen molar-refractivity contribution in [2.75, 3.05) is 18.7 Å². The molecule has 0 aliphatic heterocycles. The van der Waals surface area contributed by atoms with Crippen molar-refractivity contribution in [1.29, 1.82) is 5.26 Å². The average Bonchev–Trinajstić information content (AvgIpc) is 2.39. The maximum Gasteiger partial charge on any atom is 0.214 e. The van der Waals surface area contributed by atoms with Gasteiger partial charge in [0.05, 0.1) is 17.4 Å². The van der Waals surface area contributed by atoms with Gasteiger partial charge in [0.1, 0.15) is 0 Å². The van der Waals surface area contributed by atoms with E-state index in [0.29, 0.717) is 24.3 Å². The van der Waals surface area contributed by atoms with Crippen LogP contribution in [0.1, 0.15) is 24.0 Å². The molecule has 1 rings (SSSR count). The van der Waals surface area contributed by atoms with Crippen molar-refractivity contribution in [1.82, 2.24) is 4.31 Å². The third-order valence-electron chi connectivity index (χ3n) is 2.72. The molecule has 0 N–H and O–H groups in total. The lowest BCUT2D eigenvalue weighted by molar-refractivity contribution is 0.465. The van der Waals surface area contributed by atoms with Crippen LogP contribution in [0.3, 0.4) is 0 Å². The van der Waals surface area contributed by atoms with Crippen molar-refractivity contribution >= 4 is 21.6 Å². The minimum absolute atomic E-state index is 0.105. The predicted molar refractivity (Wildman–Crippen MR) is 76.4 cm³/mol. The van der Waals surface area contributed by atoms with Gasteiger partial charge in [0.25, 0.3) is 0 Å². The number of hydrogen-bond donors (Lipinski definition) is 0. The van der Waals surface area contributed by atoms with Crippen LogP contribution in [0.5, 0.6) is 0 Å². The van der Waals surface area contributed by atoms with Gasteiger partial charge in [-0.05, 0) is 30.5 Å². The van der Waals surface area contributed by atoms with Crippen molar-refractivity contribution in [2.45, 2.75) is 19.4 Å². The molecule has 0 aromatic heterocycles. The topological polar surface area (TPSA) is 61.2 Å². The standard InChI is InChI=1S/C13H17ClN2O2S/c1-16(19(17,18)8-3-2-7-14)11-13-6-4-5-12(9-13)10-15/h4-6,9H,2-3,7-8,11H2,1H3. The SMILES string of the molecule is CN(Cc1cccc(C#N)c1)S(=O)(=O)CCCCCl. The Morgan fingerprint density at radius 3 is 2.74 bits per heavy atom. The Balaban J connectivity index is 2.67. The first kappa shape index (κ1) is 16.0. The Bertz CT molecular complexity index is 552. The first-order valence-electron chi connectivity index (χ1n) is 5.98. The molecule has 0 atom stereocenters. The summed E-state index contributed by atoms with van der Waals surface area (Å²) in [6, 6.07) is 8.99. The van der Waals surface area contributed by atoms with Crippen molar-refractivity contribution in [3.63, 3.8) is 0 Å². The van der Waals surface area contributed by atoms with Gasteiger partial charge in [-0.15, -0.1) is 11.6 Å². The van der Waals surface area contributed by atoms with Crippen LogP contribution in [0.4, 0.5) is 0 Å². The summed E-state index contributed by atoms with van der Waals surface area (Å²) in [6.45, 7) is 0.277. The van der Waals surface area contributed by atoms with Gasteiger partial charge in [-0.2, -0.15) is 5.26 Å². The fourth-order valence-corrected chi connectivity index (χ4v) is 3.04. The molecule has 0 heterocycles. The number of sulfonamides is 1. The van der Waals surface area contributed by atoms with Gasteiger partial charge in [-0.25, -0.2) is 12.7 Å². The van der Waals surface area contributed by atoms with E-state index >= 15 is 0 Å². The van der Waals surface area contributed by atoms with Crippen LogP contribution in [0.2, 0.25) is 0 Å². The first-order valence-corrected chi connectivity index (χ1v) is 8.13. The second-order valence-electron chi connectivity index (χ2n) is 4.28. The molecule has 0 aliphatic carbocycles. The molecule has 0 bridgehead atoms. The lowest BCUT2D eigenvalue weighted by atomic mass is 10.1. The number of halogens is 1. The molecule has 0 aliphatic rings. The zero-order valence-electron chi connectivity index (χ0n) is 10.8. The summed E-state index contributed by atoms with van der Waals surface area (Å²) in [5.41, 5.74) is 1.34. The van der Waals surface area contributed by atoms with E-state index in [1.807, 2.05) is 12.1 Å². The molecule has 19 heavy (non-hydrogen) atoms. The van der Waals surface area contributed by atoms with E-state index < -0.39 is 10.0 Å². The van der Waals surface area contributed by atoms with Crippen LogP contribution < -0.4 is 0 Å². The average molecular weight is 301 g/mol. The van der Waals surface area contributed by atoms with Crippen LogP contribution in [0.25, 0.3) is 0 Å². The molecule has 0 fully saturated rings. The van der Waals surface area contributed by atoms with Crippen LogP contribution in [0.15, 0.2) is 24.3 Å². The highest BCUT2D eigenvalue weighted by Gasteiger charge is 2.17. The van der Waals surface area contributed by atoms with E-state index in [0.717, 1.165) is 5.56 Å². The maximum absolute atomic E-state index is 12.0. The Kier molecular flexibility index (Phi) is 6.29. The van der Waals surface area contributed by atoms with E-state index in [2.05, 4.69) is 0 Å². The number of unbranched alkanes of at least 4 members (excludes halogenated alkanes) is 1. The molecule has 0 radical (unpaired) electrons. The highest BCUT2D eigenvalue weighted by atomic mass is 35.5. The summed E-state index contributed by atoms with van der Waals surface area (Å²) in [7, 11) is -1.71. The van der Waals surface area contributed by atoms with Crippen molar-refractivity contribution in [3.05, 3.63) is 35.4 Å². The van der Waals surface area contributed by atoms with Gasteiger partial charge in [0.2, 0.25) is 10.0 Å². The number of nitrogens with zero attached hydrogens (tertiary/aromatic N) is 2. The molecule has 0 unspecified atom stereocenters. The Morgan fingerprint density at radius 1 is 1.37 bits per heavy atom. The molecule has 104 valence electrons. The van der Waals surface area contributed by atoms with Crippen LogP contribution in [0, 0.1) is 11.3 Å². The summed E-state index contributed by atoms with van der Waals surface area (Å²) in [5.74, 6) is 0.581. The Labute approximate surface area is 119 Å². The monoisotopic (exact) mass is 300 g/mol. The molecular formula is C13H17ClN2O2S. The van der Waals surface area contributed by atoms with E-state index in [1.54, 1.807) is 25.2 Å². The summed E-state index contributed by atoms with van der Waals surface area (Å²) in [6.07, 6.45) is 1.26. The van der Waals surface area contributed by atoms with E-state index in [4.69, 9.17) is 16.9 Å². The third-order valence-corrected chi connectivity index (χ3v) is 4.87. The van der Waals surface area contributed by atoms with Gasteiger partial charge in [-0.1, -0.05) is 12.1 Å². The van der Waals surface area contributed by atoms with Gasteiger partial charge < -0.3 is 0 Å². The zero-order valence-corrected chi connectivity index (χ0v) is 12.4. The van der Waals surface area contributed by atoms with Crippen molar-refractivity contribution < 1.29 is 8.42 Å². The molecule has 0 saturated carbocycles. The molecule has 0 amide bonds. The minimum Gasteiger partial charge on any atom is -0.212 e. The molecule has 4 nitrogen and oxygen atoms in total. The predicted octanol–water partition coefficient (Wildman–Crippen LogP) is 2.34. The van der Waals surface area contributed by atoms with Crippen LogP contribution >= 0.6 is 11.6 Å². The molecule has 0 saturated heterocycles. The van der Waals surface area contributed by atoms with Crippen LogP contribution in [-0.4, -0.2) is 31.4 Å². The quantitative estimate of drug-likeness (QED) is 0.573. The second-order valence-corrected chi connectivity index (χ2v) is 6.85. The fourth-order valence-electron chi connectivity index (χ4n) is 1.63. The number of benzene rings is 1. The first-order chi connectivity index (χ1) is 8.99. The van der Waals surface area contributed by atoms with E-state index in [1.165, 1.54) is 4.31 Å². The highest BCUT2D eigenvalue weighted by Crippen LogP contribution is 2.11. The number of rotatable bonds is 7. The van der Waals surface area contributed by atoms with Crippen molar-refractivity contribution in [2.24, 2.45) is 0 Å². The summed E-state index contributed by atoms with van der Waals surface area (Å²) >= 11 is 5.53. The molecule has 1 aromatic carbocycles. The molecule has 1 aromatic rings. The minimum atomic E-state index is -3.26. The van der Waals surface area contributed by atoms with Gasteiger partial charge in [0, 0.05) is 19.5 Å².